The van der Waals surface area contributed by atoms with Crippen LogP contribution in [0.4, 0.5) is 11.6 Å². The van der Waals surface area contributed by atoms with Crippen molar-refractivity contribution in [2.45, 2.75) is 38.5 Å². The van der Waals surface area contributed by atoms with Gasteiger partial charge in [-0.1, -0.05) is 30.3 Å². The van der Waals surface area contributed by atoms with Gasteiger partial charge in [0.05, 0.1) is 18.1 Å². The van der Waals surface area contributed by atoms with E-state index < -0.39 is 0 Å². The van der Waals surface area contributed by atoms with Gasteiger partial charge in [0.2, 0.25) is 11.9 Å². The summed E-state index contributed by atoms with van der Waals surface area (Å²) in [5.74, 6) is 0.775. The minimum atomic E-state index is 0.0141. The van der Waals surface area contributed by atoms with E-state index in [0.29, 0.717) is 12.1 Å². The lowest BCUT2D eigenvalue weighted by atomic mass is 10.1. The van der Waals surface area contributed by atoms with Crippen LogP contribution in [-0.4, -0.2) is 29.0 Å². The lowest BCUT2D eigenvalue weighted by Crippen LogP contribution is -2.30. The first-order valence-electron chi connectivity index (χ1n) is 8.72. The minimum Gasteiger partial charge on any atom is -0.341 e. The molecule has 5 nitrogen and oxygen atoms in total. The second kappa shape index (κ2) is 8.43. The second-order valence-electron chi connectivity index (χ2n) is 6.21. The number of amides is 1. The van der Waals surface area contributed by atoms with E-state index in [9.17, 15) is 4.79 Å². The van der Waals surface area contributed by atoms with Gasteiger partial charge >= 0.3 is 0 Å². The third-order valence-electron chi connectivity index (χ3n) is 4.27. The zero-order valence-corrected chi connectivity index (χ0v) is 13.9. The number of hydrogen-bond donors (Lipinski definition) is 1. The standard InChI is InChI=1S/C19H24N4O/c24-18(11-7-10-16-8-3-1-4-9-16)22-17-14-20-19(21-15-17)23-12-5-2-6-13-23/h1,3-4,8-9,14-15H,2,5-7,10-13H2,(H,22,24). The van der Waals surface area contributed by atoms with Gasteiger partial charge in [0.15, 0.2) is 0 Å². The molecule has 1 fully saturated rings. The first kappa shape index (κ1) is 16.4. The second-order valence-corrected chi connectivity index (χ2v) is 6.21. The van der Waals surface area contributed by atoms with Gasteiger partial charge in [-0.3, -0.25) is 4.79 Å². The normalized spacial score (nSPS) is 14.4. The number of carbonyl (C=O) groups excluding carboxylic acids is 1. The molecule has 0 atom stereocenters. The van der Waals surface area contributed by atoms with E-state index in [1.807, 2.05) is 18.2 Å². The van der Waals surface area contributed by atoms with E-state index in [2.05, 4.69) is 32.3 Å². The SMILES string of the molecule is O=C(CCCc1ccccc1)Nc1cnc(N2CCCCC2)nc1. The molecule has 1 aromatic carbocycles. The maximum atomic E-state index is 12.0. The summed E-state index contributed by atoms with van der Waals surface area (Å²) >= 11 is 0. The predicted molar refractivity (Wildman–Crippen MR) is 96.1 cm³/mol. The number of piperidine rings is 1. The summed E-state index contributed by atoms with van der Waals surface area (Å²) < 4.78 is 0. The highest BCUT2D eigenvalue weighted by atomic mass is 16.1. The minimum absolute atomic E-state index is 0.0141. The lowest BCUT2D eigenvalue weighted by molar-refractivity contribution is -0.116. The topological polar surface area (TPSA) is 58.1 Å². The summed E-state index contributed by atoms with van der Waals surface area (Å²) in [6.07, 6.45) is 9.34. The van der Waals surface area contributed by atoms with Crippen molar-refractivity contribution in [2.24, 2.45) is 0 Å². The van der Waals surface area contributed by atoms with Crippen LogP contribution >= 0.6 is 0 Å². The van der Waals surface area contributed by atoms with Crippen molar-refractivity contribution < 1.29 is 4.79 Å². The van der Waals surface area contributed by atoms with Gasteiger partial charge in [-0.2, -0.15) is 0 Å². The molecule has 0 unspecified atom stereocenters. The first-order chi connectivity index (χ1) is 11.8. The molecule has 5 heteroatoms. The molecule has 126 valence electrons. The van der Waals surface area contributed by atoms with Crippen LogP contribution in [0.3, 0.4) is 0 Å². The first-order valence-corrected chi connectivity index (χ1v) is 8.72. The molecule has 1 N–H and O–H groups in total. The number of aromatic nitrogens is 2. The van der Waals surface area contributed by atoms with Crippen molar-refractivity contribution in [1.82, 2.24) is 9.97 Å². The van der Waals surface area contributed by atoms with Gasteiger partial charge < -0.3 is 10.2 Å². The average Bonchev–Trinajstić information content (AvgIpc) is 2.64. The predicted octanol–water partition coefficient (Wildman–Crippen LogP) is 3.43. The summed E-state index contributed by atoms with van der Waals surface area (Å²) in [7, 11) is 0. The van der Waals surface area contributed by atoms with Crippen LogP contribution < -0.4 is 10.2 Å². The number of benzene rings is 1. The van der Waals surface area contributed by atoms with Crippen molar-refractivity contribution in [3.63, 3.8) is 0 Å². The van der Waals surface area contributed by atoms with Gasteiger partial charge in [0, 0.05) is 19.5 Å². The van der Waals surface area contributed by atoms with Crippen molar-refractivity contribution in [3.05, 3.63) is 48.3 Å². The van der Waals surface area contributed by atoms with E-state index in [1.165, 1.54) is 24.8 Å². The van der Waals surface area contributed by atoms with Crippen LogP contribution in [0.15, 0.2) is 42.7 Å². The van der Waals surface area contributed by atoms with Crippen molar-refractivity contribution >= 4 is 17.5 Å². The van der Waals surface area contributed by atoms with Gasteiger partial charge in [0.1, 0.15) is 0 Å². The highest BCUT2D eigenvalue weighted by Crippen LogP contribution is 2.16. The molecule has 1 saturated heterocycles. The molecule has 2 aromatic rings. The Hall–Kier alpha value is -2.43. The molecule has 0 radical (unpaired) electrons. The van der Waals surface area contributed by atoms with Crippen LogP contribution in [0.2, 0.25) is 0 Å². The average molecular weight is 324 g/mol. The number of anilines is 2. The summed E-state index contributed by atoms with van der Waals surface area (Å²) in [6, 6.07) is 10.2. The number of hydrogen-bond acceptors (Lipinski definition) is 4. The molecule has 24 heavy (non-hydrogen) atoms. The Balaban J connectivity index is 1.44. The van der Waals surface area contributed by atoms with E-state index in [1.54, 1.807) is 12.4 Å². The molecular formula is C19H24N4O. The number of nitrogens with one attached hydrogen (secondary N) is 1. The molecule has 3 rings (SSSR count). The molecule has 0 aliphatic carbocycles. The molecule has 0 spiro atoms. The Labute approximate surface area is 143 Å². The number of carbonyl (C=O) groups is 1. The zero-order valence-electron chi connectivity index (χ0n) is 13.9. The van der Waals surface area contributed by atoms with Crippen LogP contribution in [0.5, 0.6) is 0 Å². The van der Waals surface area contributed by atoms with Crippen LogP contribution in [0.1, 0.15) is 37.7 Å². The lowest BCUT2D eigenvalue weighted by Gasteiger charge is -2.26. The highest BCUT2D eigenvalue weighted by Gasteiger charge is 2.13. The zero-order chi connectivity index (χ0) is 16.6. The Kier molecular flexibility index (Phi) is 5.77. The highest BCUT2D eigenvalue weighted by molar-refractivity contribution is 5.90. The Morgan fingerprint density at radius 1 is 1.04 bits per heavy atom. The molecule has 1 aliphatic rings. The van der Waals surface area contributed by atoms with Gasteiger partial charge in [-0.25, -0.2) is 9.97 Å². The van der Waals surface area contributed by atoms with Gasteiger partial charge in [-0.05, 0) is 37.7 Å². The monoisotopic (exact) mass is 324 g/mol. The molecular weight excluding hydrogens is 300 g/mol. The fourth-order valence-corrected chi connectivity index (χ4v) is 2.96. The van der Waals surface area contributed by atoms with E-state index in [-0.39, 0.29) is 5.91 Å². The quantitative estimate of drug-likeness (QED) is 0.884. The van der Waals surface area contributed by atoms with Crippen LogP contribution in [0.25, 0.3) is 0 Å². The van der Waals surface area contributed by atoms with Gasteiger partial charge in [-0.15, -0.1) is 0 Å². The molecule has 0 bridgehead atoms. The molecule has 0 saturated carbocycles. The summed E-state index contributed by atoms with van der Waals surface area (Å²) in [5.41, 5.74) is 1.93. The maximum Gasteiger partial charge on any atom is 0.225 e. The maximum absolute atomic E-state index is 12.0. The smallest absolute Gasteiger partial charge is 0.225 e. The molecule has 1 amide bonds. The van der Waals surface area contributed by atoms with Crippen LogP contribution in [-0.2, 0) is 11.2 Å². The fraction of sp³-hybridized carbons (Fsp3) is 0.421. The van der Waals surface area contributed by atoms with Gasteiger partial charge in [0.25, 0.3) is 0 Å². The largest absolute Gasteiger partial charge is 0.341 e. The van der Waals surface area contributed by atoms with E-state index in [0.717, 1.165) is 31.9 Å². The summed E-state index contributed by atoms with van der Waals surface area (Å²) in [4.78, 5) is 23.0. The molecule has 1 aliphatic heterocycles. The molecule has 1 aromatic heterocycles. The number of aryl methyl sites for hydroxylation is 1. The Morgan fingerprint density at radius 3 is 2.46 bits per heavy atom. The summed E-state index contributed by atoms with van der Waals surface area (Å²) in [5, 5.41) is 2.88. The third kappa shape index (κ3) is 4.78. The summed E-state index contributed by atoms with van der Waals surface area (Å²) in [6.45, 7) is 2.04. The van der Waals surface area contributed by atoms with Crippen LogP contribution in [0, 0.1) is 0 Å². The van der Waals surface area contributed by atoms with Crippen molar-refractivity contribution in [3.8, 4) is 0 Å². The van der Waals surface area contributed by atoms with E-state index in [4.69, 9.17) is 0 Å². The number of nitrogens with zero attached hydrogens (tertiary/aromatic N) is 3. The van der Waals surface area contributed by atoms with E-state index >= 15 is 0 Å². The fourth-order valence-electron chi connectivity index (χ4n) is 2.96. The Morgan fingerprint density at radius 2 is 1.75 bits per heavy atom. The molecule has 2 heterocycles. The number of rotatable bonds is 6. The Bertz CT molecular complexity index is 636. The van der Waals surface area contributed by atoms with Crippen molar-refractivity contribution in [1.29, 1.82) is 0 Å². The van der Waals surface area contributed by atoms with Crippen molar-refractivity contribution in [2.75, 3.05) is 23.3 Å². The third-order valence-corrected chi connectivity index (χ3v) is 4.27.